The van der Waals surface area contributed by atoms with Crippen molar-refractivity contribution in [3.63, 3.8) is 0 Å². The summed E-state index contributed by atoms with van der Waals surface area (Å²) in [5, 5.41) is 11.8. The third-order valence-electron chi connectivity index (χ3n) is 8.72. The summed E-state index contributed by atoms with van der Waals surface area (Å²) in [6.45, 7) is 27.4. The quantitative estimate of drug-likeness (QED) is 0.286. The van der Waals surface area contributed by atoms with E-state index in [2.05, 4.69) is 96.0 Å². The zero-order chi connectivity index (χ0) is 29.3. The van der Waals surface area contributed by atoms with Crippen LogP contribution in [0, 0.1) is 29.1 Å². The Balaban J connectivity index is 0.00000172. The molecule has 0 radical (unpaired) electrons. The number of aliphatic hydroxyl groups is 1. The molecule has 0 saturated heterocycles. The van der Waals surface area contributed by atoms with E-state index in [4.69, 9.17) is 0 Å². The molecule has 1 aromatic carbocycles. The SMILES string of the molecule is C=C(C)CC/C(C(=C)C)=C1\C(c2ccc(N(C)C)cc2)CC2(C)C(CCC2(O)C#CC)C1CC.CC.CC. The molecule has 0 bridgehead atoms. The number of nitrogens with zero attached hydrogens (tertiary/aromatic N) is 1. The van der Waals surface area contributed by atoms with Crippen LogP contribution in [0.1, 0.15) is 112 Å². The van der Waals surface area contributed by atoms with Crippen molar-refractivity contribution >= 4 is 5.69 Å². The second kappa shape index (κ2) is 14.8. The van der Waals surface area contributed by atoms with E-state index >= 15 is 0 Å². The Bertz CT molecular complexity index is 1020. The molecule has 2 fully saturated rings. The molecular weight excluding hydrogens is 462 g/mol. The van der Waals surface area contributed by atoms with Crippen molar-refractivity contribution < 1.29 is 5.11 Å². The normalized spacial score (nSPS) is 28.8. The molecule has 0 spiro atoms. The van der Waals surface area contributed by atoms with Crippen LogP contribution in [0.3, 0.4) is 0 Å². The van der Waals surface area contributed by atoms with Gasteiger partial charge in [-0.2, -0.15) is 0 Å². The van der Waals surface area contributed by atoms with E-state index < -0.39 is 5.60 Å². The predicted octanol–water partition coefficient (Wildman–Crippen LogP) is 9.72. The van der Waals surface area contributed by atoms with Gasteiger partial charge in [-0.3, -0.25) is 0 Å². The Hall–Kier alpha value is -2.24. The first-order valence-electron chi connectivity index (χ1n) is 15.0. The molecular formula is C36H57NO. The number of benzene rings is 1. The molecule has 1 aromatic rings. The van der Waals surface area contributed by atoms with Gasteiger partial charge >= 0.3 is 0 Å². The third kappa shape index (κ3) is 6.84. The van der Waals surface area contributed by atoms with E-state index in [-0.39, 0.29) is 11.3 Å². The number of allylic oxidation sites excluding steroid dienone is 4. The first-order valence-corrected chi connectivity index (χ1v) is 15.0. The number of hydrogen-bond acceptors (Lipinski definition) is 2. The first kappa shape index (κ1) is 33.8. The van der Waals surface area contributed by atoms with Crippen molar-refractivity contribution in [3.05, 3.63) is 65.3 Å². The van der Waals surface area contributed by atoms with Crippen LogP contribution in [0.25, 0.3) is 0 Å². The maximum absolute atomic E-state index is 11.8. The molecule has 212 valence electrons. The molecule has 2 aliphatic rings. The van der Waals surface area contributed by atoms with Crippen LogP contribution in [0.5, 0.6) is 0 Å². The maximum atomic E-state index is 11.8. The van der Waals surface area contributed by atoms with Gasteiger partial charge in [0, 0.05) is 31.1 Å². The molecule has 2 aliphatic carbocycles. The molecule has 2 heteroatoms. The van der Waals surface area contributed by atoms with Gasteiger partial charge in [0.2, 0.25) is 0 Å². The highest BCUT2D eigenvalue weighted by molar-refractivity contribution is 5.50. The minimum absolute atomic E-state index is 0.236. The highest BCUT2D eigenvalue weighted by Crippen LogP contribution is 2.65. The van der Waals surface area contributed by atoms with Crippen molar-refractivity contribution in [2.24, 2.45) is 17.3 Å². The summed E-state index contributed by atoms with van der Waals surface area (Å²) in [5.41, 5.74) is 6.77. The monoisotopic (exact) mass is 519 g/mol. The second-order valence-corrected chi connectivity index (χ2v) is 11.2. The van der Waals surface area contributed by atoms with E-state index in [0.717, 1.165) is 38.5 Å². The van der Waals surface area contributed by atoms with Gasteiger partial charge in [-0.05, 0) is 94.4 Å². The lowest BCUT2D eigenvalue weighted by molar-refractivity contribution is -0.0502. The number of rotatable bonds is 7. The summed E-state index contributed by atoms with van der Waals surface area (Å²) in [6, 6.07) is 9.04. The van der Waals surface area contributed by atoms with E-state index in [1.807, 2.05) is 34.6 Å². The Morgan fingerprint density at radius 3 is 2.08 bits per heavy atom. The highest BCUT2D eigenvalue weighted by Gasteiger charge is 2.61. The van der Waals surface area contributed by atoms with Gasteiger partial charge in [0.1, 0.15) is 5.60 Å². The smallest absolute Gasteiger partial charge is 0.131 e. The Kier molecular flexibility index (Phi) is 13.1. The van der Waals surface area contributed by atoms with Crippen LogP contribution in [0.2, 0.25) is 0 Å². The first-order chi connectivity index (χ1) is 18.0. The largest absolute Gasteiger partial charge is 0.378 e. The molecule has 1 N–H and O–H groups in total. The Morgan fingerprint density at radius 1 is 1.05 bits per heavy atom. The summed E-state index contributed by atoms with van der Waals surface area (Å²) >= 11 is 0. The molecule has 0 aromatic heterocycles. The van der Waals surface area contributed by atoms with Crippen molar-refractivity contribution in [2.45, 2.75) is 112 Å². The van der Waals surface area contributed by atoms with E-state index in [9.17, 15) is 5.11 Å². The molecule has 38 heavy (non-hydrogen) atoms. The van der Waals surface area contributed by atoms with Gasteiger partial charge in [0.15, 0.2) is 0 Å². The third-order valence-corrected chi connectivity index (χ3v) is 8.72. The molecule has 2 saturated carbocycles. The zero-order valence-electron chi connectivity index (χ0n) is 26.6. The average Bonchev–Trinajstić information content (AvgIpc) is 3.16. The van der Waals surface area contributed by atoms with Gasteiger partial charge in [-0.25, -0.2) is 0 Å². The Labute approximate surface area is 236 Å². The molecule has 3 rings (SSSR count). The molecule has 5 unspecified atom stereocenters. The topological polar surface area (TPSA) is 23.5 Å². The minimum atomic E-state index is -0.922. The average molecular weight is 520 g/mol. The highest BCUT2D eigenvalue weighted by atomic mass is 16.3. The lowest BCUT2D eigenvalue weighted by Gasteiger charge is -2.52. The van der Waals surface area contributed by atoms with Crippen LogP contribution in [-0.4, -0.2) is 24.8 Å². The van der Waals surface area contributed by atoms with Crippen molar-refractivity contribution in [2.75, 3.05) is 19.0 Å². The second-order valence-electron chi connectivity index (χ2n) is 11.2. The maximum Gasteiger partial charge on any atom is 0.131 e. The lowest BCUT2D eigenvalue weighted by Crippen LogP contribution is -2.50. The van der Waals surface area contributed by atoms with Crippen molar-refractivity contribution in [3.8, 4) is 11.8 Å². The molecule has 0 aliphatic heterocycles. The van der Waals surface area contributed by atoms with Gasteiger partial charge in [0.05, 0.1) is 0 Å². The summed E-state index contributed by atoms with van der Waals surface area (Å²) in [6.07, 6.45) is 5.76. The lowest BCUT2D eigenvalue weighted by atomic mass is 9.53. The van der Waals surface area contributed by atoms with Crippen LogP contribution in [0.15, 0.2) is 59.7 Å². The Morgan fingerprint density at radius 2 is 1.63 bits per heavy atom. The van der Waals surface area contributed by atoms with Gasteiger partial charge in [-0.1, -0.05) is 82.9 Å². The zero-order valence-corrected chi connectivity index (χ0v) is 26.6. The van der Waals surface area contributed by atoms with Gasteiger partial charge in [0.25, 0.3) is 0 Å². The van der Waals surface area contributed by atoms with Crippen LogP contribution in [0.4, 0.5) is 5.69 Å². The van der Waals surface area contributed by atoms with E-state index in [0.29, 0.717) is 11.8 Å². The molecule has 2 nitrogen and oxygen atoms in total. The predicted molar refractivity (Wildman–Crippen MR) is 170 cm³/mol. The number of hydrogen-bond donors (Lipinski definition) is 1. The molecule has 0 heterocycles. The summed E-state index contributed by atoms with van der Waals surface area (Å²) < 4.78 is 0. The van der Waals surface area contributed by atoms with Crippen LogP contribution in [-0.2, 0) is 0 Å². The fraction of sp³-hybridized carbons (Fsp3) is 0.611. The summed E-state index contributed by atoms with van der Waals surface area (Å²) in [4.78, 5) is 2.15. The van der Waals surface area contributed by atoms with E-state index in [1.165, 1.54) is 28.0 Å². The van der Waals surface area contributed by atoms with Gasteiger partial charge in [-0.15, -0.1) is 12.5 Å². The fourth-order valence-corrected chi connectivity index (χ4v) is 6.85. The summed E-state index contributed by atoms with van der Waals surface area (Å²) in [7, 11) is 4.16. The van der Waals surface area contributed by atoms with Crippen LogP contribution < -0.4 is 4.90 Å². The van der Waals surface area contributed by atoms with Crippen molar-refractivity contribution in [1.29, 1.82) is 0 Å². The van der Waals surface area contributed by atoms with E-state index in [1.54, 1.807) is 5.57 Å². The summed E-state index contributed by atoms with van der Waals surface area (Å²) in [5.74, 6) is 7.42. The van der Waals surface area contributed by atoms with Crippen molar-refractivity contribution in [1.82, 2.24) is 0 Å². The standard InChI is InChI=1S/C32H45NO.2C2H6/c1-10-19-32(34)20-18-29-26(11-2)30(27(23(5)6)17-12-22(3)4)28(21-31(29,32)7)24-13-15-25(16-14-24)33(8)9;2*1-2/h13-16,26,28-29,34H,3,5,11-12,17-18,20-21H2,1-2,4,6-9H3;2*1-2H3/b30-27+;;. The number of fused-ring (bicyclic) bond motifs is 1. The minimum Gasteiger partial charge on any atom is -0.378 e. The molecule has 0 amide bonds. The molecule has 5 atom stereocenters. The number of anilines is 1. The van der Waals surface area contributed by atoms with Gasteiger partial charge < -0.3 is 10.0 Å². The van der Waals surface area contributed by atoms with Crippen LogP contribution >= 0.6 is 0 Å². The fourth-order valence-electron chi connectivity index (χ4n) is 6.85.